The first-order valence-corrected chi connectivity index (χ1v) is 13.8. The van der Waals surface area contributed by atoms with Gasteiger partial charge >= 0.3 is 5.97 Å². The van der Waals surface area contributed by atoms with E-state index in [-0.39, 0.29) is 11.8 Å². The average Bonchev–Trinajstić information content (AvgIpc) is 3.02. The smallest absolute Gasteiger partial charge is 0.330 e. The van der Waals surface area contributed by atoms with Crippen LogP contribution in [-0.2, 0) is 20.9 Å². The summed E-state index contributed by atoms with van der Waals surface area (Å²) in [6.45, 7) is 0.291. The molecule has 0 atom stereocenters. The van der Waals surface area contributed by atoms with Crippen molar-refractivity contribution in [1.29, 1.82) is 10.5 Å². The third-order valence-corrected chi connectivity index (χ3v) is 7.49. The molecule has 208 valence electrons. The summed E-state index contributed by atoms with van der Waals surface area (Å²) in [7, 11) is 5.16. The van der Waals surface area contributed by atoms with Crippen LogP contribution in [0.15, 0.2) is 66.7 Å². The van der Waals surface area contributed by atoms with Crippen molar-refractivity contribution < 1.29 is 14.3 Å². The minimum absolute atomic E-state index is 0.0545. The second-order valence-electron chi connectivity index (χ2n) is 10.4. The van der Waals surface area contributed by atoms with Gasteiger partial charge in [-0.1, -0.05) is 49.6 Å². The standard InChI is InChI=1S/C34H34N4O3/c1-37(2)29-14-16-32(28(20-29)22-36)31-15-12-25(18-27(31)21-35)23-38(34(40)26-9-5-4-6-10-26)30-11-7-8-24(19-30)13-17-33(39)41-3/h7-8,11-20,26H,4-6,9-10,23H2,1-3H3/b17-13+. The highest BCUT2D eigenvalue weighted by Crippen LogP contribution is 2.32. The molecular formula is C34H34N4O3. The van der Waals surface area contributed by atoms with Gasteiger partial charge in [-0.2, -0.15) is 10.5 Å². The number of carbonyl (C=O) groups excluding carboxylic acids is 2. The predicted molar refractivity (Wildman–Crippen MR) is 161 cm³/mol. The van der Waals surface area contributed by atoms with Gasteiger partial charge in [0.15, 0.2) is 0 Å². The SMILES string of the molecule is COC(=O)/C=C/c1cccc(N(Cc2ccc(-c3ccc(N(C)C)cc3C#N)c(C#N)c2)C(=O)C2CCCCC2)c1. The number of methoxy groups -OCH3 is 1. The molecule has 0 heterocycles. The Hall–Kier alpha value is -4.88. The fraction of sp³-hybridized carbons (Fsp3) is 0.294. The van der Waals surface area contributed by atoms with Gasteiger partial charge < -0.3 is 14.5 Å². The van der Waals surface area contributed by atoms with E-state index in [4.69, 9.17) is 4.74 Å². The van der Waals surface area contributed by atoms with Gasteiger partial charge in [0, 0.05) is 48.6 Å². The van der Waals surface area contributed by atoms with Crippen LogP contribution >= 0.6 is 0 Å². The summed E-state index contributed by atoms with van der Waals surface area (Å²) in [4.78, 5) is 29.2. The van der Waals surface area contributed by atoms with E-state index in [1.807, 2.05) is 73.6 Å². The quantitative estimate of drug-likeness (QED) is 0.237. The maximum Gasteiger partial charge on any atom is 0.330 e. The molecule has 1 amide bonds. The zero-order valence-corrected chi connectivity index (χ0v) is 23.8. The van der Waals surface area contributed by atoms with Crippen molar-refractivity contribution in [2.45, 2.75) is 38.6 Å². The van der Waals surface area contributed by atoms with E-state index in [1.165, 1.54) is 13.2 Å². The van der Waals surface area contributed by atoms with Gasteiger partial charge in [0.1, 0.15) is 0 Å². The predicted octanol–water partition coefficient (Wildman–Crippen LogP) is 6.46. The lowest BCUT2D eigenvalue weighted by Gasteiger charge is -2.30. The second-order valence-corrected chi connectivity index (χ2v) is 10.4. The molecular weight excluding hydrogens is 512 g/mol. The molecule has 1 fully saturated rings. The largest absolute Gasteiger partial charge is 0.466 e. The molecule has 0 bridgehead atoms. The van der Waals surface area contributed by atoms with Gasteiger partial charge in [0.25, 0.3) is 0 Å². The van der Waals surface area contributed by atoms with Crippen molar-refractivity contribution in [3.63, 3.8) is 0 Å². The van der Waals surface area contributed by atoms with E-state index in [0.29, 0.717) is 28.8 Å². The van der Waals surface area contributed by atoms with Crippen LogP contribution in [0.3, 0.4) is 0 Å². The van der Waals surface area contributed by atoms with Crippen LogP contribution in [0.5, 0.6) is 0 Å². The first-order chi connectivity index (χ1) is 19.8. The minimum Gasteiger partial charge on any atom is -0.466 e. The molecule has 0 unspecified atom stereocenters. The van der Waals surface area contributed by atoms with Gasteiger partial charge in [0.05, 0.1) is 36.9 Å². The average molecular weight is 547 g/mol. The first kappa shape index (κ1) is 29.1. The molecule has 1 aliphatic carbocycles. The number of rotatable bonds is 8. The number of anilines is 2. The molecule has 0 aromatic heterocycles. The Morgan fingerprint density at radius 1 is 0.902 bits per heavy atom. The summed E-state index contributed by atoms with van der Waals surface area (Å²) < 4.78 is 4.70. The zero-order chi connectivity index (χ0) is 29.4. The molecule has 0 saturated heterocycles. The number of carbonyl (C=O) groups is 2. The number of ether oxygens (including phenoxy) is 1. The van der Waals surface area contributed by atoms with E-state index in [2.05, 4.69) is 12.1 Å². The number of benzene rings is 3. The number of hydrogen-bond donors (Lipinski definition) is 0. The Kier molecular flexibility index (Phi) is 9.55. The summed E-state index contributed by atoms with van der Waals surface area (Å²) in [5.74, 6) is -0.445. The fourth-order valence-corrected chi connectivity index (χ4v) is 5.23. The van der Waals surface area contributed by atoms with Crippen LogP contribution in [0.4, 0.5) is 11.4 Å². The van der Waals surface area contributed by atoms with Gasteiger partial charge in [-0.3, -0.25) is 4.79 Å². The molecule has 3 aromatic rings. The van der Waals surface area contributed by atoms with Crippen LogP contribution in [0.25, 0.3) is 17.2 Å². The number of nitriles is 2. The molecule has 0 spiro atoms. The van der Waals surface area contributed by atoms with Crippen LogP contribution in [0.1, 0.15) is 54.4 Å². The number of esters is 1. The molecule has 3 aromatic carbocycles. The van der Waals surface area contributed by atoms with Crippen molar-refractivity contribution in [2.24, 2.45) is 5.92 Å². The highest BCUT2D eigenvalue weighted by molar-refractivity contribution is 5.95. The molecule has 41 heavy (non-hydrogen) atoms. The lowest BCUT2D eigenvalue weighted by molar-refractivity contribution is -0.134. The lowest BCUT2D eigenvalue weighted by atomic mass is 9.88. The van der Waals surface area contributed by atoms with Gasteiger partial charge in [-0.15, -0.1) is 0 Å². The maximum absolute atomic E-state index is 13.9. The molecule has 7 nitrogen and oxygen atoms in total. The summed E-state index contributed by atoms with van der Waals surface area (Å²) in [6.07, 6.45) is 7.95. The van der Waals surface area contributed by atoms with Crippen LogP contribution in [0, 0.1) is 28.6 Å². The van der Waals surface area contributed by atoms with E-state index in [1.54, 1.807) is 17.0 Å². The Morgan fingerprint density at radius 2 is 1.59 bits per heavy atom. The highest BCUT2D eigenvalue weighted by Gasteiger charge is 2.27. The second kappa shape index (κ2) is 13.5. The minimum atomic E-state index is -0.453. The van der Waals surface area contributed by atoms with E-state index in [0.717, 1.165) is 54.6 Å². The Morgan fingerprint density at radius 3 is 2.24 bits per heavy atom. The summed E-state index contributed by atoms with van der Waals surface area (Å²) in [5.41, 5.74) is 5.52. The number of hydrogen-bond acceptors (Lipinski definition) is 6. The van der Waals surface area contributed by atoms with Gasteiger partial charge in [-0.05, 0) is 60.4 Å². The molecule has 4 rings (SSSR count). The van der Waals surface area contributed by atoms with Crippen molar-refractivity contribution in [3.05, 3.63) is 89.0 Å². The topological polar surface area (TPSA) is 97.4 Å². The van der Waals surface area contributed by atoms with E-state index < -0.39 is 5.97 Å². The number of amides is 1. The molecule has 0 aliphatic heterocycles. The first-order valence-electron chi connectivity index (χ1n) is 13.8. The van der Waals surface area contributed by atoms with Crippen LogP contribution in [-0.4, -0.2) is 33.1 Å². The van der Waals surface area contributed by atoms with Crippen LogP contribution < -0.4 is 9.80 Å². The van der Waals surface area contributed by atoms with Crippen molar-refractivity contribution >= 4 is 29.3 Å². The summed E-state index contributed by atoms with van der Waals surface area (Å²) in [6, 6.07) is 23.2. The van der Waals surface area contributed by atoms with E-state index in [9.17, 15) is 20.1 Å². The lowest BCUT2D eigenvalue weighted by Crippen LogP contribution is -2.36. The van der Waals surface area contributed by atoms with Crippen molar-refractivity contribution in [1.82, 2.24) is 0 Å². The normalized spacial score (nSPS) is 13.3. The Balaban J connectivity index is 1.70. The van der Waals surface area contributed by atoms with E-state index >= 15 is 0 Å². The van der Waals surface area contributed by atoms with Crippen LogP contribution in [0.2, 0.25) is 0 Å². The molecule has 0 radical (unpaired) electrons. The third kappa shape index (κ3) is 7.01. The van der Waals surface area contributed by atoms with Gasteiger partial charge in [0.2, 0.25) is 5.91 Å². The molecule has 0 N–H and O–H groups in total. The summed E-state index contributed by atoms with van der Waals surface area (Å²) in [5, 5.41) is 19.9. The third-order valence-electron chi connectivity index (χ3n) is 7.49. The Labute approximate surface area is 241 Å². The monoisotopic (exact) mass is 546 g/mol. The van der Waals surface area contributed by atoms with Gasteiger partial charge in [-0.25, -0.2) is 4.79 Å². The highest BCUT2D eigenvalue weighted by atomic mass is 16.5. The molecule has 1 aliphatic rings. The van der Waals surface area contributed by atoms with Crippen molar-refractivity contribution in [3.8, 4) is 23.3 Å². The fourth-order valence-electron chi connectivity index (χ4n) is 5.23. The van der Waals surface area contributed by atoms with Crippen molar-refractivity contribution in [2.75, 3.05) is 31.0 Å². The zero-order valence-electron chi connectivity index (χ0n) is 23.8. The molecule has 1 saturated carbocycles. The maximum atomic E-state index is 13.9. The summed E-state index contributed by atoms with van der Waals surface area (Å²) >= 11 is 0. The number of nitrogens with zero attached hydrogens (tertiary/aromatic N) is 4. The molecule has 7 heteroatoms. The Bertz CT molecular complexity index is 1540.